The summed E-state index contributed by atoms with van der Waals surface area (Å²) < 4.78 is 9.45. The Morgan fingerprint density at radius 2 is 2.33 bits per heavy atom. The molecule has 1 aromatic heterocycles. The second kappa shape index (κ2) is 5.19. The monoisotopic (exact) mass is 211 g/mol. The van der Waals surface area contributed by atoms with Gasteiger partial charge in [0.15, 0.2) is 0 Å². The fourth-order valence-electron chi connectivity index (χ4n) is 1.23. The van der Waals surface area contributed by atoms with Crippen LogP contribution in [-0.2, 0) is 20.7 Å². The molecule has 1 rings (SSSR count). The van der Waals surface area contributed by atoms with Crippen LogP contribution in [0, 0.1) is 0 Å². The summed E-state index contributed by atoms with van der Waals surface area (Å²) in [6, 6.07) is 1.07. The van der Waals surface area contributed by atoms with E-state index >= 15 is 0 Å². The lowest BCUT2D eigenvalue weighted by Gasteiger charge is -2.14. The average molecular weight is 211 g/mol. The Hall–Kier alpha value is -1.78. The third kappa shape index (κ3) is 3.46. The van der Waals surface area contributed by atoms with E-state index in [1.807, 2.05) is 0 Å². The Morgan fingerprint density at radius 3 is 2.80 bits per heavy atom. The molecule has 0 bridgehead atoms. The zero-order valence-corrected chi connectivity index (χ0v) is 8.65. The van der Waals surface area contributed by atoms with Crippen molar-refractivity contribution in [3.8, 4) is 0 Å². The molecule has 0 aliphatic heterocycles. The smallest absolute Gasteiger partial charge is 0.328 e. The van der Waals surface area contributed by atoms with Crippen molar-refractivity contribution in [1.82, 2.24) is 5.32 Å². The number of carbonyl (C=O) groups excluding carboxylic acids is 2. The van der Waals surface area contributed by atoms with Gasteiger partial charge in [0.05, 0.1) is 19.6 Å². The second-order valence-electron chi connectivity index (χ2n) is 3.11. The van der Waals surface area contributed by atoms with Crippen LogP contribution in [0.25, 0.3) is 0 Å². The molecule has 5 heteroatoms. The van der Waals surface area contributed by atoms with Crippen molar-refractivity contribution in [3.63, 3.8) is 0 Å². The molecular weight excluding hydrogens is 198 g/mol. The van der Waals surface area contributed by atoms with E-state index in [1.54, 1.807) is 6.07 Å². The normalized spacial score (nSPS) is 11.9. The van der Waals surface area contributed by atoms with Crippen LogP contribution in [0.15, 0.2) is 23.0 Å². The molecule has 0 spiro atoms. The van der Waals surface area contributed by atoms with Gasteiger partial charge in [0.1, 0.15) is 6.04 Å². The minimum atomic E-state index is -0.662. The Bertz CT molecular complexity index is 331. The fraction of sp³-hybridized carbons (Fsp3) is 0.400. The zero-order chi connectivity index (χ0) is 11.3. The highest BCUT2D eigenvalue weighted by atomic mass is 16.5. The number of hydrogen-bond donors (Lipinski definition) is 1. The van der Waals surface area contributed by atoms with Gasteiger partial charge in [0.2, 0.25) is 5.91 Å². The van der Waals surface area contributed by atoms with Crippen LogP contribution in [0.4, 0.5) is 0 Å². The molecule has 0 aliphatic carbocycles. The van der Waals surface area contributed by atoms with Crippen molar-refractivity contribution in [3.05, 3.63) is 24.2 Å². The number of carbonyl (C=O) groups is 2. The van der Waals surface area contributed by atoms with Crippen LogP contribution in [-0.4, -0.2) is 25.0 Å². The standard InChI is InChI=1S/C10H13NO4/c1-7(12)11-9(10(13)14-2)5-8-3-4-15-6-8/h3-4,6,9H,5H2,1-2H3,(H,11,12)/t9-/m1/s1. The van der Waals surface area contributed by atoms with Crippen molar-refractivity contribution in [2.45, 2.75) is 19.4 Å². The van der Waals surface area contributed by atoms with Crippen LogP contribution >= 0.6 is 0 Å². The molecular formula is C10H13NO4. The van der Waals surface area contributed by atoms with E-state index in [-0.39, 0.29) is 5.91 Å². The Balaban J connectivity index is 2.64. The summed E-state index contributed by atoms with van der Waals surface area (Å²) in [4.78, 5) is 22.2. The summed E-state index contributed by atoms with van der Waals surface area (Å²) in [5.41, 5.74) is 0.833. The van der Waals surface area contributed by atoms with E-state index in [4.69, 9.17) is 4.42 Å². The summed E-state index contributed by atoms with van der Waals surface area (Å²) in [7, 11) is 1.28. The summed E-state index contributed by atoms with van der Waals surface area (Å²) in [6.45, 7) is 1.35. The highest BCUT2D eigenvalue weighted by Gasteiger charge is 2.20. The maximum absolute atomic E-state index is 11.3. The lowest BCUT2D eigenvalue weighted by Crippen LogP contribution is -2.41. The van der Waals surface area contributed by atoms with Gasteiger partial charge in [0, 0.05) is 13.3 Å². The number of amides is 1. The van der Waals surface area contributed by atoms with Gasteiger partial charge in [-0.05, 0) is 11.6 Å². The van der Waals surface area contributed by atoms with Crippen molar-refractivity contribution in [2.24, 2.45) is 0 Å². The van der Waals surface area contributed by atoms with Gasteiger partial charge in [-0.1, -0.05) is 0 Å². The third-order valence-corrected chi connectivity index (χ3v) is 1.88. The number of ether oxygens (including phenoxy) is 1. The number of methoxy groups -OCH3 is 1. The predicted octanol–water partition coefficient (Wildman–Crippen LogP) is 0.500. The third-order valence-electron chi connectivity index (χ3n) is 1.88. The fourth-order valence-corrected chi connectivity index (χ4v) is 1.23. The molecule has 15 heavy (non-hydrogen) atoms. The first-order valence-electron chi connectivity index (χ1n) is 4.49. The van der Waals surface area contributed by atoms with E-state index in [0.717, 1.165) is 5.56 Å². The summed E-state index contributed by atoms with van der Waals surface area (Å²) >= 11 is 0. The lowest BCUT2D eigenvalue weighted by molar-refractivity contribution is -0.144. The molecule has 0 fully saturated rings. The maximum atomic E-state index is 11.3. The molecule has 82 valence electrons. The van der Waals surface area contributed by atoms with E-state index in [9.17, 15) is 9.59 Å². The molecule has 0 unspecified atom stereocenters. The summed E-state index contributed by atoms with van der Waals surface area (Å²) in [5, 5.41) is 2.51. The van der Waals surface area contributed by atoms with Crippen molar-refractivity contribution < 1.29 is 18.7 Å². The van der Waals surface area contributed by atoms with E-state index in [1.165, 1.54) is 26.6 Å². The van der Waals surface area contributed by atoms with Gasteiger partial charge < -0.3 is 14.5 Å². The number of nitrogens with one attached hydrogen (secondary N) is 1. The van der Waals surface area contributed by atoms with Gasteiger partial charge in [-0.25, -0.2) is 4.79 Å². The quantitative estimate of drug-likeness (QED) is 0.736. The SMILES string of the molecule is COC(=O)[C@@H](Cc1ccoc1)NC(C)=O. The second-order valence-corrected chi connectivity index (χ2v) is 3.11. The average Bonchev–Trinajstić information content (AvgIpc) is 2.67. The number of hydrogen-bond acceptors (Lipinski definition) is 4. The van der Waals surface area contributed by atoms with Crippen LogP contribution < -0.4 is 5.32 Å². The molecule has 1 atom stereocenters. The van der Waals surface area contributed by atoms with Crippen LogP contribution in [0.1, 0.15) is 12.5 Å². The topological polar surface area (TPSA) is 68.5 Å². The Morgan fingerprint density at radius 1 is 1.60 bits per heavy atom. The lowest BCUT2D eigenvalue weighted by atomic mass is 10.1. The molecule has 5 nitrogen and oxygen atoms in total. The van der Waals surface area contributed by atoms with Crippen molar-refractivity contribution in [2.75, 3.05) is 7.11 Å². The first-order valence-corrected chi connectivity index (χ1v) is 4.49. The summed E-state index contributed by atoms with van der Waals surface area (Å²) in [5.74, 6) is -0.736. The van der Waals surface area contributed by atoms with E-state index in [0.29, 0.717) is 6.42 Å². The predicted molar refractivity (Wildman–Crippen MR) is 52.0 cm³/mol. The van der Waals surface area contributed by atoms with Crippen LogP contribution in [0.3, 0.4) is 0 Å². The highest BCUT2D eigenvalue weighted by Crippen LogP contribution is 2.05. The van der Waals surface area contributed by atoms with Crippen molar-refractivity contribution in [1.29, 1.82) is 0 Å². The van der Waals surface area contributed by atoms with Gasteiger partial charge in [-0.15, -0.1) is 0 Å². The van der Waals surface area contributed by atoms with Crippen LogP contribution in [0.2, 0.25) is 0 Å². The number of rotatable bonds is 4. The molecule has 0 saturated heterocycles. The maximum Gasteiger partial charge on any atom is 0.328 e. The molecule has 0 aromatic carbocycles. The number of furan rings is 1. The first kappa shape index (κ1) is 11.3. The molecule has 0 saturated carbocycles. The van der Waals surface area contributed by atoms with Gasteiger partial charge in [0.25, 0.3) is 0 Å². The largest absolute Gasteiger partial charge is 0.472 e. The van der Waals surface area contributed by atoms with Gasteiger partial charge >= 0.3 is 5.97 Å². The molecule has 0 aliphatic rings. The molecule has 0 radical (unpaired) electrons. The summed E-state index contributed by atoms with van der Waals surface area (Å²) in [6.07, 6.45) is 3.40. The highest BCUT2D eigenvalue weighted by molar-refractivity contribution is 5.83. The Kier molecular flexibility index (Phi) is 3.91. The molecule has 1 amide bonds. The zero-order valence-electron chi connectivity index (χ0n) is 8.65. The van der Waals surface area contributed by atoms with Gasteiger partial charge in [-0.2, -0.15) is 0 Å². The van der Waals surface area contributed by atoms with Crippen molar-refractivity contribution >= 4 is 11.9 Å². The molecule has 1 heterocycles. The van der Waals surface area contributed by atoms with E-state index in [2.05, 4.69) is 10.1 Å². The minimum absolute atomic E-state index is 0.270. The van der Waals surface area contributed by atoms with Crippen LogP contribution in [0.5, 0.6) is 0 Å². The first-order chi connectivity index (χ1) is 7.13. The van der Waals surface area contributed by atoms with Gasteiger partial charge in [-0.3, -0.25) is 4.79 Å². The minimum Gasteiger partial charge on any atom is -0.472 e. The van der Waals surface area contributed by atoms with E-state index < -0.39 is 12.0 Å². The molecule has 1 N–H and O–H groups in total. The number of esters is 1. The Labute approximate surface area is 87.4 Å². The molecule has 1 aromatic rings.